The number of hydrogen-bond donors (Lipinski definition) is 2. The molecule has 44 heavy (non-hydrogen) atoms. The molecule has 9 heteroatoms. The molecule has 3 aliphatic rings. The Morgan fingerprint density at radius 1 is 1.07 bits per heavy atom. The van der Waals surface area contributed by atoms with Gasteiger partial charge in [0.05, 0.1) is 16.6 Å². The van der Waals surface area contributed by atoms with Crippen LogP contribution in [0.3, 0.4) is 0 Å². The summed E-state index contributed by atoms with van der Waals surface area (Å²) < 4.78 is 6.48. The molecule has 8 nitrogen and oxygen atoms in total. The summed E-state index contributed by atoms with van der Waals surface area (Å²) in [5.41, 5.74) is 11.3. The molecule has 0 spiro atoms. The Morgan fingerprint density at radius 2 is 1.70 bits per heavy atom. The Bertz CT molecular complexity index is 1510. The van der Waals surface area contributed by atoms with Gasteiger partial charge in [-0.05, 0) is 75.2 Å². The number of rotatable bonds is 8. The van der Waals surface area contributed by atoms with E-state index in [1.54, 1.807) is 23.1 Å². The highest BCUT2D eigenvalue weighted by Gasteiger charge is 2.69. The molecule has 0 bridgehead atoms. The van der Waals surface area contributed by atoms with Crippen molar-refractivity contribution < 1.29 is 14.3 Å². The fraction of sp³-hybridized carbons (Fsp3) is 0.514. The lowest BCUT2D eigenvalue weighted by atomic mass is 9.48. The van der Waals surface area contributed by atoms with E-state index in [2.05, 4.69) is 50.5 Å². The number of carbonyl (C=O) groups excluding carboxylic acids is 2. The van der Waals surface area contributed by atoms with E-state index in [1.807, 2.05) is 24.3 Å². The van der Waals surface area contributed by atoms with Crippen molar-refractivity contribution in [1.82, 2.24) is 4.90 Å². The topological polar surface area (TPSA) is 126 Å². The molecule has 0 atom stereocenters. The lowest BCUT2D eigenvalue weighted by molar-refractivity contribution is -0.164. The van der Waals surface area contributed by atoms with Gasteiger partial charge in [0, 0.05) is 47.2 Å². The van der Waals surface area contributed by atoms with E-state index in [-0.39, 0.29) is 18.1 Å². The van der Waals surface area contributed by atoms with Crippen molar-refractivity contribution in [2.24, 2.45) is 33.6 Å². The Kier molecular flexibility index (Phi) is 8.75. The second kappa shape index (κ2) is 12.1. The summed E-state index contributed by atoms with van der Waals surface area (Å²) in [5, 5.41) is 9.58. The van der Waals surface area contributed by atoms with Crippen molar-refractivity contribution in [3.63, 3.8) is 0 Å². The number of ether oxygens (including phenoxy) is 1. The largest absolute Gasteiger partial charge is 0.489 e. The van der Waals surface area contributed by atoms with Crippen LogP contribution in [0.1, 0.15) is 64.5 Å². The fourth-order valence-electron chi connectivity index (χ4n) is 7.55. The summed E-state index contributed by atoms with van der Waals surface area (Å²) in [6, 6.07) is 14.5. The second-order valence-corrected chi connectivity index (χ2v) is 14.0. The van der Waals surface area contributed by atoms with Crippen LogP contribution in [0.5, 0.6) is 5.75 Å². The number of carbonyl (C=O) groups is 2. The number of hydrogen-bond acceptors (Lipinski definition) is 6. The van der Waals surface area contributed by atoms with E-state index in [0.717, 1.165) is 38.0 Å². The zero-order valence-electron chi connectivity index (χ0n) is 26.0. The maximum Gasteiger partial charge on any atom is 0.242 e. The number of anilines is 1. The summed E-state index contributed by atoms with van der Waals surface area (Å²) in [4.78, 5) is 31.0. The number of halogens is 1. The quantitative estimate of drug-likeness (QED) is 0.327. The van der Waals surface area contributed by atoms with Crippen LogP contribution in [0, 0.1) is 45.3 Å². The molecule has 232 valence electrons. The van der Waals surface area contributed by atoms with Crippen LogP contribution in [0.15, 0.2) is 42.5 Å². The lowest BCUT2D eigenvalue weighted by Crippen LogP contribution is -2.76. The molecule has 1 aliphatic heterocycles. The molecule has 0 unspecified atom stereocenters. The third-order valence-electron chi connectivity index (χ3n) is 9.78. The Hall–Kier alpha value is -3.56. The maximum atomic E-state index is 14.2. The Labute approximate surface area is 265 Å². The molecule has 1 heterocycles. The normalized spacial score (nSPS) is 23.3. The molecule has 2 saturated carbocycles. The van der Waals surface area contributed by atoms with Gasteiger partial charge in [0.1, 0.15) is 23.3 Å². The van der Waals surface area contributed by atoms with Crippen molar-refractivity contribution in [3.8, 4) is 23.7 Å². The van der Waals surface area contributed by atoms with E-state index in [9.17, 15) is 14.9 Å². The first-order valence-electron chi connectivity index (χ1n) is 15.4. The first kappa shape index (κ1) is 31.9. The number of primary amides is 1. The van der Waals surface area contributed by atoms with Gasteiger partial charge in [-0.1, -0.05) is 51.1 Å². The van der Waals surface area contributed by atoms with Gasteiger partial charge >= 0.3 is 0 Å². The molecule has 2 aromatic rings. The van der Waals surface area contributed by atoms with Gasteiger partial charge < -0.3 is 26.0 Å². The molecule has 0 aromatic heterocycles. The predicted octanol–water partition coefficient (Wildman–Crippen LogP) is 4.71. The first-order chi connectivity index (χ1) is 20.8. The summed E-state index contributed by atoms with van der Waals surface area (Å²) in [5.74, 6) is 6.83. The number of nitriles is 1. The van der Waals surface area contributed by atoms with Crippen molar-refractivity contribution in [1.29, 1.82) is 5.26 Å². The van der Waals surface area contributed by atoms with Crippen LogP contribution in [-0.2, 0) is 9.59 Å². The summed E-state index contributed by atoms with van der Waals surface area (Å²) >= 11 is 6.29. The number of piperidine rings is 1. The zero-order valence-corrected chi connectivity index (χ0v) is 26.8. The lowest BCUT2D eigenvalue weighted by Gasteiger charge is -2.66. The third kappa shape index (κ3) is 5.79. The van der Waals surface area contributed by atoms with Crippen molar-refractivity contribution in [3.05, 3.63) is 58.6 Å². The zero-order chi connectivity index (χ0) is 31.9. The molecule has 2 aromatic carbocycles. The van der Waals surface area contributed by atoms with Crippen LogP contribution < -0.4 is 21.1 Å². The van der Waals surface area contributed by atoms with Crippen LogP contribution >= 0.6 is 11.6 Å². The third-order valence-corrected chi connectivity index (χ3v) is 10.1. The van der Waals surface area contributed by atoms with E-state index < -0.39 is 22.2 Å². The van der Waals surface area contributed by atoms with Crippen LogP contribution in [0.2, 0.25) is 5.02 Å². The molecule has 3 fully saturated rings. The smallest absolute Gasteiger partial charge is 0.242 e. The van der Waals surface area contributed by atoms with Crippen molar-refractivity contribution >= 4 is 29.1 Å². The first-order valence-corrected chi connectivity index (χ1v) is 15.8. The van der Waals surface area contributed by atoms with Crippen molar-refractivity contribution in [2.75, 3.05) is 31.1 Å². The molecule has 5 rings (SSSR count). The Balaban J connectivity index is 1.41. The average molecular weight is 616 g/mol. The maximum absolute atomic E-state index is 14.2. The molecular formula is C35H42ClN5O3. The highest BCUT2D eigenvalue weighted by molar-refractivity contribution is 6.31. The van der Waals surface area contributed by atoms with E-state index in [1.165, 1.54) is 0 Å². The van der Waals surface area contributed by atoms with Gasteiger partial charge in [-0.3, -0.25) is 9.59 Å². The number of nitrogens with two attached hydrogens (primary N) is 2. The van der Waals surface area contributed by atoms with Gasteiger partial charge in [0.15, 0.2) is 0 Å². The predicted molar refractivity (Wildman–Crippen MR) is 172 cm³/mol. The van der Waals surface area contributed by atoms with E-state index in [4.69, 9.17) is 27.8 Å². The summed E-state index contributed by atoms with van der Waals surface area (Å²) in [7, 11) is 0. The van der Waals surface area contributed by atoms with Crippen LogP contribution in [0.25, 0.3) is 0 Å². The SMILES string of the molecule is CC1(C)[C@H](Oc2ccc(C#N)c(Cl)c2)C(C)(C)[C@H]1N(C(=O)C1(C(N)=O)CC1)c1ccc(C#CC2CCN(CCN)CC2)cc1. The molecular weight excluding hydrogens is 574 g/mol. The number of likely N-dealkylation sites (tertiary alicyclic amines) is 1. The molecule has 4 N–H and O–H groups in total. The van der Waals surface area contributed by atoms with Gasteiger partial charge in [-0.2, -0.15) is 5.26 Å². The van der Waals surface area contributed by atoms with Crippen LogP contribution in [0.4, 0.5) is 5.69 Å². The molecule has 2 amide bonds. The highest BCUT2D eigenvalue weighted by atomic mass is 35.5. The minimum atomic E-state index is -1.18. The number of nitrogens with zero attached hydrogens (tertiary/aromatic N) is 3. The molecule has 0 radical (unpaired) electrons. The number of benzene rings is 2. The van der Waals surface area contributed by atoms with Crippen LogP contribution in [-0.4, -0.2) is 55.0 Å². The highest BCUT2D eigenvalue weighted by Crippen LogP contribution is 2.60. The summed E-state index contributed by atoms with van der Waals surface area (Å²) in [6.07, 6.45) is 2.67. The fourth-order valence-corrected chi connectivity index (χ4v) is 7.77. The Morgan fingerprint density at radius 3 is 2.23 bits per heavy atom. The molecule has 2 aliphatic carbocycles. The summed E-state index contributed by atoms with van der Waals surface area (Å²) in [6.45, 7) is 11.9. The van der Waals surface area contributed by atoms with Crippen molar-refractivity contribution in [2.45, 2.75) is 65.5 Å². The minimum absolute atomic E-state index is 0.265. The molecule has 1 saturated heterocycles. The standard InChI is InChI=1S/C35H42ClN5O3/c1-33(2)29(34(3,4)30(33)44-27-12-9-25(22-38)28(36)21-27)41(32(43)35(15-16-35)31(39)42)26-10-7-23(8-11-26)5-6-24-13-18-40(19-14-24)20-17-37/h7-12,21,24,29-30H,13-20,37H2,1-4H3,(H2,39,42)/t29-,30-. The van der Waals surface area contributed by atoms with E-state index in [0.29, 0.717) is 47.3 Å². The van der Waals surface area contributed by atoms with Gasteiger partial charge in [-0.15, -0.1) is 0 Å². The monoisotopic (exact) mass is 615 g/mol. The van der Waals surface area contributed by atoms with Gasteiger partial charge in [0.25, 0.3) is 0 Å². The minimum Gasteiger partial charge on any atom is -0.489 e. The van der Waals surface area contributed by atoms with Gasteiger partial charge in [-0.25, -0.2) is 0 Å². The second-order valence-electron chi connectivity index (χ2n) is 13.6. The average Bonchev–Trinajstić information content (AvgIpc) is 3.81. The van der Waals surface area contributed by atoms with E-state index >= 15 is 0 Å². The number of amides is 2. The van der Waals surface area contributed by atoms with Gasteiger partial charge in [0.2, 0.25) is 11.8 Å².